The van der Waals surface area contributed by atoms with Gasteiger partial charge in [0.1, 0.15) is 0 Å². The highest BCUT2D eigenvalue weighted by atomic mass is 15.2. The second-order valence-corrected chi connectivity index (χ2v) is 5.93. The van der Waals surface area contributed by atoms with Crippen molar-refractivity contribution in [2.24, 2.45) is 5.73 Å². The minimum absolute atomic E-state index is 0.616. The van der Waals surface area contributed by atoms with E-state index in [1.807, 2.05) is 0 Å². The van der Waals surface area contributed by atoms with Gasteiger partial charge >= 0.3 is 0 Å². The molecule has 1 aliphatic heterocycles. The third kappa shape index (κ3) is 2.96. The molecule has 2 aromatic rings. The number of para-hydroxylation sites is 1. The van der Waals surface area contributed by atoms with Crippen LogP contribution in [0.25, 0.3) is 0 Å². The van der Waals surface area contributed by atoms with Gasteiger partial charge in [-0.2, -0.15) is 0 Å². The number of anilines is 1. The van der Waals surface area contributed by atoms with Crippen LogP contribution in [0.4, 0.5) is 5.69 Å². The molecule has 1 heterocycles. The Morgan fingerprint density at radius 2 is 1.76 bits per heavy atom. The van der Waals surface area contributed by atoms with Crippen LogP contribution < -0.4 is 10.6 Å². The number of hydrogen-bond acceptors (Lipinski definition) is 2. The molecule has 0 spiro atoms. The molecule has 0 saturated heterocycles. The molecule has 1 atom stereocenters. The third-order valence-electron chi connectivity index (χ3n) is 4.62. The highest BCUT2D eigenvalue weighted by molar-refractivity contribution is 5.56. The van der Waals surface area contributed by atoms with Crippen LogP contribution in [0.1, 0.15) is 30.0 Å². The van der Waals surface area contributed by atoms with Crippen molar-refractivity contribution >= 4 is 5.69 Å². The predicted octanol–water partition coefficient (Wildman–Crippen LogP) is 3.53. The zero-order valence-electron chi connectivity index (χ0n) is 12.8. The molecule has 2 heteroatoms. The predicted molar refractivity (Wildman–Crippen MR) is 89.6 cm³/mol. The van der Waals surface area contributed by atoms with Gasteiger partial charge < -0.3 is 10.6 Å². The molecule has 0 saturated carbocycles. The summed E-state index contributed by atoms with van der Waals surface area (Å²) in [6.45, 7) is 4.03. The molecule has 0 aromatic heterocycles. The highest BCUT2D eigenvalue weighted by Gasteiger charge is 2.22. The van der Waals surface area contributed by atoms with Crippen LogP contribution in [0.5, 0.6) is 0 Å². The lowest BCUT2D eigenvalue weighted by Crippen LogP contribution is -2.38. The fourth-order valence-electron chi connectivity index (χ4n) is 3.34. The van der Waals surface area contributed by atoms with Crippen LogP contribution in [0.3, 0.4) is 0 Å². The maximum Gasteiger partial charge on any atom is 0.0401 e. The Labute approximate surface area is 127 Å². The first-order valence-corrected chi connectivity index (χ1v) is 7.91. The van der Waals surface area contributed by atoms with Crippen LogP contribution in [0, 0.1) is 0 Å². The normalized spacial score (nSPS) is 17.6. The summed E-state index contributed by atoms with van der Waals surface area (Å²) < 4.78 is 0. The Bertz CT molecular complexity index is 606. The summed E-state index contributed by atoms with van der Waals surface area (Å²) in [6, 6.07) is 18.0. The van der Waals surface area contributed by atoms with Gasteiger partial charge in [0.25, 0.3) is 0 Å². The molecule has 2 aromatic carbocycles. The zero-order chi connectivity index (χ0) is 14.7. The Kier molecular flexibility index (Phi) is 4.26. The number of hydrogen-bond donors (Lipinski definition) is 1. The van der Waals surface area contributed by atoms with Crippen molar-refractivity contribution in [3.8, 4) is 0 Å². The summed E-state index contributed by atoms with van der Waals surface area (Å²) in [6.07, 6.45) is 3.51. The monoisotopic (exact) mass is 280 g/mol. The smallest absolute Gasteiger partial charge is 0.0401 e. The number of fused-ring (bicyclic) bond motifs is 1. The molecule has 2 N–H and O–H groups in total. The molecular weight excluding hydrogens is 256 g/mol. The average Bonchev–Trinajstić information content (AvgIpc) is 2.54. The third-order valence-corrected chi connectivity index (χ3v) is 4.62. The van der Waals surface area contributed by atoms with E-state index in [0.717, 1.165) is 13.0 Å². The van der Waals surface area contributed by atoms with E-state index in [4.69, 9.17) is 5.73 Å². The van der Waals surface area contributed by atoms with Crippen molar-refractivity contribution in [1.82, 2.24) is 0 Å². The van der Waals surface area contributed by atoms with Crippen molar-refractivity contribution in [3.05, 3.63) is 65.2 Å². The Morgan fingerprint density at radius 1 is 1.05 bits per heavy atom. The summed E-state index contributed by atoms with van der Waals surface area (Å²) in [5.41, 5.74) is 11.4. The van der Waals surface area contributed by atoms with Crippen molar-refractivity contribution < 1.29 is 0 Å². The van der Waals surface area contributed by atoms with Gasteiger partial charge in [0.2, 0.25) is 0 Å². The molecule has 3 rings (SSSR count). The Morgan fingerprint density at radius 3 is 2.57 bits per heavy atom. The largest absolute Gasteiger partial charge is 0.368 e. The minimum Gasteiger partial charge on any atom is -0.368 e. The summed E-state index contributed by atoms with van der Waals surface area (Å²) in [5, 5.41) is 0. The van der Waals surface area contributed by atoms with Gasteiger partial charge in [-0.3, -0.25) is 0 Å². The fourth-order valence-corrected chi connectivity index (χ4v) is 3.34. The number of aryl methyl sites for hydroxylation is 1. The molecule has 0 radical (unpaired) electrons. The quantitative estimate of drug-likeness (QED) is 0.928. The molecule has 0 aliphatic carbocycles. The Hall–Kier alpha value is -1.80. The van der Waals surface area contributed by atoms with E-state index in [2.05, 4.69) is 60.4 Å². The molecule has 1 unspecified atom stereocenters. The summed E-state index contributed by atoms with van der Waals surface area (Å²) >= 11 is 0. The molecule has 21 heavy (non-hydrogen) atoms. The molecule has 2 nitrogen and oxygen atoms in total. The Balaban J connectivity index is 1.78. The summed E-state index contributed by atoms with van der Waals surface area (Å²) in [5.74, 6) is 0. The first-order chi connectivity index (χ1) is 10.3. The lowest BCUT2D eigenvalue weighted by Gasteiger charge is -2.37. The highest BCUT2D eigenvalue weighted by Crippen LogP contribution is 2.30. The van der Waals surface area contributed by atoms with Gasteiger partial charge in [-0.15, -0.1) is 0 Å². The van der Waals surface area contributed by atoms with Crippen LogP contribution in [0.2, 0.25) is 0 Å². The molecule has 110 valence electrons. The van der Waals surface area contributed by atoms with E-state index >= 15 is 0 Å². The number of rotatable bonds is 4. The van der Waals surface area contributed by atoms with E-state index in [1.165, 1.54) is 35.2 Å². The fraction of sp³-hybridized carbons (Fsp3) is 0.368. The number of benzene rings is 2. The van der Waals surface area contributed by atoms with Gasteiger partial charge in [-0.25, -0.2) is 0 Å². The van der Waals surface area contributed by atoms with Crippen molar-refractivity contribution in [2.45, 2.75) is 38.8 Å². The average molecular weight is 280 g/mol. The first kappa shape index (κ1) is 14.2. The number of nitrogens with two attached hydrogens (primary N) is 1. The second kappa shape index (κ2) is 6.31. The summed E-state index contributed by atoms with van der Waals surface area (Å²) in [4.78, 5) is 2.56. The van der Waals surface area contributed by atoms with E-state index in [1.54, 1.807) is 0 Å². The minimum atomic E-state index is 0.616. The topological polar surface area (TPSA) is 29.3 Å². The van der Waals surface area contributed by atoms with Gasteiger partial charge in [-0.05, 0) is 48.9 Å². The standard InChI is InChI=1S/C19H24N2/c1-15-10-11-17-7-4-5-9-19(17)21(15)13-12-16-6-2-3-8-18(16)14-20/h2-9,15H,10-14,20H2,1H3. The lowest BCUT2D eigenvalue weighted by atomic mass is 9.95. The van der Waals surface area contributed by atoms with E-state index in [9.17, 15) is 0 Å². The van der Waals surface area contributed by atoms with Gasteiger partial charge in [-0.1, -0.05) is 42.5 Å². The number of nitrogens with zero attached hydrogens (tertiary/aromatic N) is 1. The van der Waals surface area contributed by atoms with Crippen molar-refractivity contribution in [1.29, 1.82) is 0 Å². The van der Waals surface area contributed by atoms with Crippen LogP contribution in [-0.2, 0) is 19.4 Å². The maximum atomic E-state index is 5.85. The van der Waals surface area contributed by atoms with Crippen molar-refractivity contribution in [3.63, 3.8) is 0 Å². The second-order valence-electron chi connectivity index (χ2n) is 5.93. The molecular formula is C19H24N2. The van der Waals surface area contributed by atoms with Crippen LogP contribution in [0.15, 0.2) is 48.5 Å². The van der Waals surface area contributed by atoms with Crippen LogP contribution >= 0.6 is 0 Å². The maximum absolute atomic E-state index is 5.85. The van der Waals surface area contributed by atoms with E-state index in [0.29, 0.717) is 12.6 Å². The first-order valence-electron chi connectivity index (χ1n) is 7.91. The SMILES string of the molecule is CC1CCc2ccccc2N1CCc1ccccc1CN. The zero-order valence-corrected chi connectivity index (χ0v) is 12.8. The molecule has 0 amide bonds. The van der Waals surface area contributed by atoms with Gasteiger partial charge in [0, 0.05) is 24.8 Å². The van der Waals surface area contributed by atoms with Gasteiger partial charge in [0.05, 0.1) is 0 Å². The molecule has 0 fully saturated rings. The van der Waals surface area contributed by atoms with Gasteiger partial charge in [0.15, 0.2) is 0 Å². The van der Waals surface area contributed by atoms with Crippen LogP contribution in [-0.4, -0.2) is 12.6 Å². The van der Waals surface area contributed by atoms with E-state index in [-0.39, 0.29) is 0 Å². The lowest BCUT2D eigenvalue weighted by molar-refractivity contribution is 0.561. The molecule has 0 bridgehead atoms. The van der Waals surface area contributed by atoms with Crippen molar-refractivity contribution in [2.75, 3.05) is 11.4 Å². The molecule has 1 aliphatic rings. The van der Waals surface area contributed by atoms with E-state index < -0.39 is 0 Å². The summed E-state index contributed by atoms with van der Waals surface area (Å²) in [7, 11) is 0.